The van der Waals surface area contributed by atoms with Crippen LogP contribution in [0.3, 0.4) is 0 Å². The van der Waals surface area contributed by atoms with E-state index in [1.165, 1.54) is 0 Å². The van der Waals surface area contributed by atoms with Gasteiger partial charge in [0, 0.05) is 13.2 Å². The van der Waals surface area contributed by atoms with E-state index >= 15 is 0 Å². The van der Waals surface area contributed by atoms with Crippen molar-refractivity contribution < 1.29 is 18.3 Å². The minimum Gasteiger partial charge on any atom is -0.394 e. The molecular weight excluding hydrogens is 290 g/mol. The largest absolute Gasteiger partial charge is 0.394 e. The molecule has 0 unspecified atom stereocenters. The molecule has 118 valence electrons. The van der Waals surface area contributed by atoms with Crippen LogP contribution in [0.15, 0.2) is 29.2 Å². The number of hydrogen-bond acceptors (Lipinski definition) is 4. The zero-order valence-electron chi connectivity index (χ0n) is 12.3. The highest BCUT2D eigenvalue weighted by atomic mass is 32.2. The molecule has 1 aromatic carbocycles. The SMILES string of the molecule is CCCc1ccc(S(=O)(=O)NC2(CO)CCOCC2)cc1. The lowest BCUT2D eigenvalue weighted by atomic mass is 9.93. The summed E-state index contributed by atoms with van der Waals surface area (Å²) in [6, 6.07) is 6.93. The van der Waals surface area contributed by atoms with E-state index in [-0.39, 0.29) is 11.5 Å². The molecule has 0 bridgehead atoms. The first-order chi connectivity index (χ1) is 10.0. The molecule has 1 saturated heterocycles. The third kappa shape index (κ3) is 4.03. The number of aliphatic hydroxyl groups is 1. The second-order valence-electron chi connectivity index (χ2n) is 5.55. The molecule has 1 fully saturated rings. The molecule has 0 atom stereocenters. The molecule has 6 heteroatoms. The van der Waals surface area contributed by atoms with Crippen LogP contribution in [0, 0.1) is 0 Å². The van der Waals surface area contributed by atoms with Gasteiger partial charge in [-0.25, -0.2) is 13.1 Å². The summed E-state index contributed by atoms with van der Waals surface area (Å²) in [4.78, 5) is 0.238. The molecule has 5 nitrogen and oxygen atoms in total. The van der Waals surface area contributed by atoms with E-state index in [0.29, 0.717) is 26.1 Å². The van der Waals surface area contributed by atoms with E-state index in [2.05, 4.69) is 11.6 Å². The number of nitrogens with one attached hydrogen (secondary N) is 1. The van der Waals surface area contributed by atoms with Crippen LogP contribution in [0.25, 0.3) is 0 Å². The van der Waals surface area contributed by atoms with Crippen molar-refractivity contribution in [3.63, 3.8) is 0 Å². The van der Waals surface area contributed by atoms with Crippen molar-refractivity contribution in [2.45, 2.75) is 43.0 Å². The summed E-state index contributed by atoms with van der Waals surface area (Å²) in [6.07, 6.45) is 2.93. The van der Waals surface area contributed by atoms with Gasteiger partial charge in [-0.1, -0.05) is 25.5 Å². The van der Waals surface area contributed by atoms with Crippen molar-refractivity contribution in [1.82, 2.24) is 4.72 Å². The number of rotatable bonds is 6. The second kappa shape index (κ2) is 6.87. The van der Waals surface area contributed by atoms with Crippen molar-refractivity contribution >= 4 is 10.0 Å². The predicted molar refractivity (Wildman–Crippen MR) is 80.6 cm³/mol. The van der Waals surface area contributed by atoms with Gasteiger partial charge in [-0.2, -0.15) is 0 Å². The number of hydrogen-bond donors (Lipinski definition) is 2. The van der Waals surface area contributed by atoms with Gasteiger partial charge in [0.1, 0.15) is 0 Å². The molecule has 0 aromatic heterocycles. The Labute approximate surface area is 126 Å². The lowest BCUT2D eigenvalue weighted by Gasteiger charge is -2.35. The average molecular weight is 313 g/mol. The third-order valence-electron chi connectivity index (χ3n) is 3.88. The Bertz CT molecular complexity index is 548. The van der Waals surface area contributed by atoms with Gasteiger partial charge in [-0.15, -0.1) is 0 Å². The number of sulfonamides is 1. The zero-order valence-corrected chi connectivity index (χ0v) is 13.2. The Morgan fingerprint density at radius 2 is 1.86 bits per heavy atom. The molecule has 1 aliphatic rings. The first kappa shape index (κ1) is 16.4. The van der Waals surface area contributed by atoms with E-state index < -0.39 is 15.6 Å². The van der Waals surface area contributed by atoms with Crippen molar-refractivity contribution in [3.8, 4) is 0 Å². The summed E-state index contributed by atoms with van der Waals surface area (Å²) in [7, 11) is -3.63. The van der Waals surface area contributed by atoms with Crippen LogP contribution in [0.1, 0.15) is 31.7 Å². The number of ether oxygens (including phenoxy) is 1. The predicted octanol–water partition coefficient (Wildman–Crippen LogP) is 1.46. The first-order valence-corrected chi connectivity index (χ1v) is 8.81. The molecule has 0 spiro atoms. The molecule has 1 heterocycles. The van der Waals surface area contributed by atoms with Gasteiger partial charge >= 0.3 is 0 Å². The molecular formula is C15H23NO4S. The molecule has 2 N–H and O–H groups in total. The molecule has 21 heavy (non-hydrogen) atoms. The number of aryl methyl sites for hydroxylation is 1. The third-order valence-corrected chi connectivity index (χ3v) is 5.47. The molecule has 0 radical (unpaired) electrons. The second-order valence-corrected chi connectivity index (χ2v) is 7.23. The van der Waals surface area contributed by atoms with Crippen LogP contribution in [0.5, 0.6) is 0 Å². The van der Waals surface area contributed by atoms with Crippen molar-refractivity contribution in [3.05, 3.63) is 29.8 Å². The average Bonchev–Trinajstić information content (AvgIpc) is 2.49. The maximum Gasteiger partial charge on any atom is 0.241 e. The van der Waals surface area contributed by atoms with Crippen molar-refractivity contribution in [2.24, 2.45) is 0 Å². The highest BCUT2D eigenvalue weighted by Gasteiger charge is 2.36. The molecule has 1 aromatic rings. The lowest BCUT2D eigenvalue weighted by molar-refractivity contribution is 0.0223. The molecule has 0 saturated carbocycles. The molecule has 2 rings (SSSR count). The Hall–Kier alpha value is -0.950. The van der Waals surface area contributed by atoms with Crippen LogP contribution in [-0.4, -0.2) is 38.9 Å². The monoisotopic (exact) mass is 313 g/mol. The summed E-state index contributed by atoms with van der Waals surface area (Å²) >= 11 is 0. The maximum absolute atomic E-state index is 12.5. The van der Waals surface area contributed by atoms with E-state index in [4.69, 9.17) is 4.74 Å². The van der Waals surface area contributed by atoms with Crippen LogP contribution in [0.4, 0.5) is 0 Å². The standard InChI is InChI=1S/C15H23NO4S/c1-2-3-13-4-6-14(7-5-13)21(18,19)16-15(12-17)8-10-20-11-9-15/h4-7,16-17H,2-3,8-12H2,1H3. The normalized spacial score (nSPS) is 18.6. The van der Waals surface area contributed by atoms with Gasteiger partial charge in [0.05, 0.1) is 17.0 Å². The van der Waals surface area contributed by atoms with Gasteiger partial charge in [0.15, 0.2) is 0 Å². The van der Waals surface area contributed by atoms with Gasteiger partial charge in [0.25, 0.3) is 0 Å². The fourth-order valence-corrected chi connectivity index (χ4v) is 3.97. The van der Waals surface area contributed by atoms with Gasteiger partial charge in [-0.05, 0) is 37.0 Å². The fourth-order valence-electron chi connectivity index (χ4n) is 2.52. The maximum atomic E-state index is 12.5. The van der Waals surface area contributed by atoms with Crippen LogP contribution in [0.2, 0.25) is 0 Å². The summed E-state index contributed by atoms with van der Waals surface area (Å²) in [5, 5.41) is 9.58. The zero-order chi connectivity index (χ0) is 15.3. The smallest absolute Gasteiger partial charge is 0.241 e. The summed E-state index contributed by atoms with van der Waals surface area (Å²) in [6.45, 7) is 2.78. The Balaban J connectivity index is 2.16. The van der Waals surface area contributed by atoms with E-state index in [1.54, 1.807) is 12.1 Å². The fraction of sp³-hybridized carbons (Fsp3) is 0.600. The number of aliphatic hydroxyl groups excluding tert-OH is 1. The number of benzene rings is 1. The van der Waals surface area contributed by atoms with E-state index in [0.717, 1.165) is 18.4 Å². The minimum atomic E-state index is -3.63. The van der Waals surface area contributed by atoms with Crippen LogP contribution >= 0.6 is 0 Å². The Morgan fingerprint density at radius 3 is 2.38 bits per heavy atom. The van der Waals surface area contributed by atoms with Gasteiger partial charge < -0.3 is 9.84 Å². The van der Waals surface area contributed by atoms with E-state index in [1.807, 2.05) is 12.1 Å². The topological polar surface area (TPSA) is 75.6 Å². The van der Waals surface area contributed by atoms with Crippen molar-refractivity contribution in [2.75, 3.05) is 19.8 Å². The summed E-state index contributed by atoms with van der Waals surface area (Å²) in [5.41, 5.74) is 0.318. The van der Waals surface area contributed by atoms with Gasteiger partial charge in [0.2, 0.25) is 10.0 Å². The van der Waals surface area contributed by atoms with Gasteiger partial charge in [-0.3, -0.25) is 0 Å². The van der Waals surface area contributed by atoms with Crippen LogP contribution < -0.4 is 4.72 Å². The Kier molecular flexibility index (Phi) is 5.37. The van der Waals surface area contributed by atoms with Crippen molar-refractivity contribution in [1.29, 1.82) is 0 Å². The quantitative estimate of drug-likeness (QED) is 0.834. The first-order valence-electron chi connectivity index (χ1n) is 7.33. The molecule has 0 amide bonds. The minimum absolute atomic E-state index is 0.219. The summed E-state index contributed by atoms with van der Waals surface area (Å²) in [5.74, 6) is 0. The van der Waals surface area contributed by atoms with Crippen LogP contribution in [-0.2, 0) is 21.2 Å². The lowest BCUT2D eigenvalue weighted by Crippen LogP contribution is -2.54. The van der Waals surface area contributed by atoms with E-state index in [9.17, 15) is 13.5 Å². The summed E-state index contributed by atoms with van der Waals surface area (Å²) < 4.78 is 32.9. The molecule has 1 aliphatic heterocycles. The molecule has 0 aliphatic carbocycles. The Morgan fingerprint density at radius 1 is 1.24 bits per heavy atom. The highest BCUT2D eigenvalue weighted by Crippen LogP contribution is 2.23. The highest BCUT2D eigenvalue weighted by molar-refractivity contribution is 7.89.